The summed E-state index contributed by atoms with van der Waals surface area (Å²) in [6.45, 7) is 3.28. The van der Waals surface area contributed by atoms with E-state index < -0.39 is 0 Å². The third-order valence-corrected chi connectivity index (χ3v) is 5.04. The zero-order valence-corrected chi connectivity index (χ0v) is 14.7. The minimum Gasteiger partial charge on any atom is -0.376 e. The number of amides is 1. The molecule has 1 aliphatic carbocycles. The van der Waals surface area contributed by atoms with Crippen LogP contribution in [-0.4, -0.2) is 51.0 Å². The van der Waals surface area contributed by atoms with Gasteiger partial charge < -0.3 is 14.2 Å². The second kappa shape index (κ2) is 6.63. The topological polar surface area (TPSA) is 73.4 Å². The maximum Gasteiger partial charge on any atom is 0.276 e. The van der Waals surface area contributed by atoms with E-state index in [1.165, 1.54) is 12.8 Å². The predicted molar refractivity (Wildman–Crippen MR) is 90.1 cm³/mol. The van der Waals surface area contributed by atoms with Gasteiger partial charge in [0.05, 0.1) is 18.3 Å². The maximum absolute atomic E-state index is 12.9. The molecule has 0 aromatic carbocycles. The Balaban J connectivity index is 1.52. The normalized spacial score (nSPS) is 23.4. The van der Waals surface area contributed by atoms with Gasteiger partial charge in [0.25, 0.3) is 5.91 Å². The van der Waals surface area contributed by atoms with Gasteiger partial charge in [-0.2, -0.15) is 5.10 Å². The number of carbonyl (C=O) groups excluding carboxylic acids is 1. The lowest BCUT2D eigenvalue weighted by molar-refractivity contribution is 0.0197. The summed E-state index contributed by atoms with van der Waals surface area (Å²) in [7, 11) is 1.90. The molecule has 1 aliphatic heterocycles. The zero-order chi connectivity index (χ0) is 17.4. The highest BCUT2D eigenvalue weighted by Gasteiger charge is 2.40. The van der Waals surface area contributed by atoms with Crippen LogP contribution in [0.5, 0.6) is 0 Å². The fourth-order valence-corrected chi connectivity index (χ4v) is 3.49. The first kappa shape index (κ1) is 16.3. The number of aromatic nitrogens is 3. The van der Waals surface area contributed by atoms with Crippen LogP contribution < -0.4 is 0 Å². The van der Waals surface area contributed by atoms with E-state index in [9.17, 15) is 4.79 Å². The standard InChI is InChI=1S/C18H24N4O3/c1-12-7-15(20-25-12)18(23)22-6-5-17(24-11-13-3-4-13)16(22)8-14-9-19-21(2)10-14/h7,9-10,13,16-17H,3-6,8,11H2,1-2H3/t16-,17-/m1/s1. The molecular formula is C18H24N4O3. The summed E-state index contributed by atoms with van der Waals surface area (Å²) in [5, 5.41) is 8.14. The summed E-state index contributed by atoms with van der Waals surface area (Å²) in [6, 6.07) is 1.70. The number of likely N-dealkylation sites (tertiary alicyclic amines) is 1. The van der Waals surface area contributed by atoms with E-state index in [1.54, 1.807) is 17.7 Å². The van der Waals surface area contributed by atoms with Gasteiger partial charge in [-0.3, -0.25) is 9.48 Å². The number of hydrogen-bond donors (Lipinski definition) is 0. The Morgan fingerprint density at radius 3 is 2.88 bits per heavy atom. The molecule has 0 unspecified atom stereocenters. The zero-order valence-electron chi connectivity index (χ0n) is 14.7. The van der Waals surface area contributed by atoms with Crippen molar-refractivity contribution in [2.45, 2.75) is 44.8 Å². The third kappa shape index (κ3) is 3.61. The summed E-state index contributed by atoms with van der Waals surface area (Å²) in [5.41, 5.74) is 1.49. The van der Waals surface area contributed by atoms with Gasteiger partial charge >= 0.3 is 0 Å². The Labute approximate surface area is 146 Å². The maximum atomic E-state index is 12.9. The fourth-order valence-electron chi connectivity index (χ4n) is 3.49. The molecule has 2 fully saturated rings. The van der Waals surface area contributed by atoms with Crippen molar-refractivity contribution in [3.63, 3.8) is 0 Å². The number of nitrogens with zero attached hydrogens (tertiary/aromatic N) is 4. The van der Waals surface area contributed by atoms with Crippen LogP contribution in [0, 0.1) is 12.8 Å². The summed E-state index contributed by atoms with van der Waals surface area (Å²) in [4.78, 5) is 14.8. The molecule has 1 amide bonds. The van der Waals surface area contributed by atoms with Crippen LogP contribution in [0.15, 0.2) is 23.0 Å². The van der Waals surface area contributed by atoms with Crippen molar-refractivity contribution in [2.75, 3.05) is 13.2 Å². The number of aryl methyl sites for hydroxylation is 2. The van der Waals surface area contributed by atoms with E-state index >= 15 is 0 Å². The quantitative estimate of drug-likeness (QED) is 0.801. The molecule has 0 radical (unpaired) electrons. The molecule has 4 rings (SSSR count). The van der Waals surface area contributed by atoms with Crippen molar-refractivity contribution in [2.24, 2.45) is 13.0 Å². The van der Waals surface area contributed by atoms with Gasteiger partial charge in [0.2, 0.25) is 0 Å². The molecule has 7 nitrogen and oxygen atoms in total. The second-order valence-electron chi connectivity index (χ2n) is 7.22. The third-order valence-electron chi connectivity index (χ3n) is 5.04. The van der Waals surface area contributed by atoms with Crippen LogP contribution in [0.4, 0.5) is 0 Å². The van der Waals surface area contributed by atoms with E-state index in [1.807, 2.05) is 24.3 Å². The summed E-state index contributed by atoms with van der Waals surface area (Å²) in [6.07, 6.45) is 8.06. The van der Waals surface area contributed by atoms with Crippen LogP contribution in [0.3, 0.4) is 0 Å². The van der Waals surface area contributed by atoms with Crippen molar-refractivity contribution < 1.29 is 14.1 Å². The highest BCUT2D eigenvalue weighted by Crippen LogP contribution is 2.32. The van der Waals surface area contributed by atoms with Crippen LogP contribution in [0.25, 0.3) is 0 Å². The average molecular weight is 344 g/mol. The molecule has 0 bridgehead atoms. The Morgan fingerprint density at radius 2 is 2.24 bits per heavy atom. The Kier molecular flexibility index (Phi) is 4.33. The van der Waals surface area contributed by atoms with Crippen molar-refractivity contribution in [3.05, 3.63) is 35.5 Å². The SMILES string of the molecule is Cc1cc(C(=O)N2CC[C@@H](OCC3CC3)[C@H]2Cc2cnn(C)c2)no1. The van der Waals surface area contributed by atoms with Gasteiger partial charge in [-0.25, -0.2) is 0 Å². The van der Waals surface area contributed by atoms with Crippen LogP contribution in [-0.2, 0) is 18.2 Å². The number of carbonyl (C=O) groups is 1. The lowest BCUT2D eigenvalue weighted by atomic mass is 10.0. The van der Waals surface area contributed by atoms with Crippen molar-refractivity contribution in [1.82, 2.24) is 19.8 Å². The van der Waals surface area contributed by atoms with E-state index in [2.05, 4.69) is 10.3 Å². The number of ether oxygens (including phenoxy) is 1. The minimum atomic E-state index is -0.0803. The molecule has 2 aromatic heterocycles. The molecule has 1 saturated heterocycles. The molecule has 0 N–H and O–H groups in total. The van der Waals surface area contributed by atoms with Crippen LogP contribution in [0.1, 0.15) is 41.1 Å². The summed E-state index contributed by atoms with van der Waals surface area (Å²) in [5.74, 6) is 1.28. The molecule has 7 heteroatoms. The first-order valence-electron chi connectivity index (χ1n) is 8.93. The van der Waals surface area contributed by atoms with Gasteiger partial charge in [-0.15, -0.1) is 0 Å². The van der Waals surface area contributed by atoms with E-state index in [-0.39, 0.29) is 18.1 Å². The molecule has 1 saturated carbocycles. The first-order chi connectivity index (χ1) is 12.1. The summed E-state index contributed by atoms with van der Waals surface area (Å²) < 4.78 is 13.0. The largest absolute Gasteiger partial charge is 0.376 e. The lowest BCUT2D eigenvalue weighted by Crippen LogP contribution is -2.42. The number of rotatable bonds is 6. The molecule has 2 atom stereocenters. The first-order valence-corrected chi connectivity index (χ1v) is 8.93. The van der Waals surface area contributed by atoms with Crippen LogP contribution in [0.2, 0.25) is 0 Å². The van der Waals surface area contributed by atoms with Gasteiger partial charge in [0.1, 0.15) is 5.76 Å². The van der Waals surface area contributed by atoms with Gasteiger partial charge in [-0.05, 0) is 44.1 Å². The van der Waals surface area contributed by atoms with Crippen molar-refractivity contribution in [3.8, 4) is 0 Å². The van der Waals surface area contributed by atoms with Crippen molar-refractivity contribution in [1.29, 1.82) is 0 Å². The monoisotopic (exact) mass is 344 g/mol. The molecule has 2 aromatic rings. The summed E-state index contributed by atoms with van der Waals surface area (Å²) >= 11 is 0. The minimum absolute atomic E-state index is 0.00690. The van der Waals surface area contributed by atoms with Crippen LogP contribution >= 0.6 is 0 Å². The predicted octanol–water partition coefficient (Wildman–Crippen LogP) is 1.97. The molecule has 2 aliphatic rings. The van der Waals surface area contributed by atoms with E-state index in [4.69, 9.17) is 9.26 Å². The average Bonchev–Trinajstić information content (AvgIpc) is 2.97. The number of hydrogen-bond acceptors (Lipinski definition) is 5. The smallest absolute Gasteiger partial charge is 0.276 e. The van der Waals surface area contributed by atoms with Gasteiger partial charge in [0.15, 0.2) is 5.69 Å². The fraction of sp³-hybridized carbons (Fsp3) is 0.611. The molecular weight excluding hydrogens is 320 g/mol. The van der Waals surface area contributed by atoms with E-state index in [0.717, 1.165) is 25.0 Å². The Bertz CT molecular complexity index is 749. The van der Waals surface area contributed by atoms with Crippen molar-refractivity contribution >= 4 is 5.91 Å². The lowest BCUT2D eigenvalue weighted by Gasteiger charge is -2.27. The highest BCUT2D eigenvalue weighted by molar-refractivity contribution is 5.92. The Morgan fingerprint density at radius 1 is 1.40 bits per heavy atom. The van der Waals surface area contributed by atoms with Gasteiger partial charge in [-0.1, -0.05) is 5.16 Å². The molecule has 134 valence electrons. The van der Waals surface area contributed by atoms with E-state index in [0.29, 0.717) is 23.9 Å². The molecule has 25 heavy (non-hydrogen) atoms. The molecule has 3 heterocycles. The highest BCUT2D eigenvalue weighted by atomic mass is 16.5. The second-order valence-corrected chi connectivity index (χ2v) is 7.22. The Hall–Kier alpha value is -2.15. The van der Waals surface area contributed by atoms with Gasteiger partial charge in [0, 0.05) is 32.5 Å². The molecule has 0 spiro atoms.